The van der Waals surface area contributed by atoms with Crippen molar-refractivity contribution >= 4 is 17.2 Å². The largest absolute Gasteiger partial charge is 0.389 e. The molecule has 4 nitrogen and oxygen atoms in total. The summed E-state index contributed by atoms with van der Waals surface area (Å²) in [7, 11) is 0. The monoisotopic (exact) mass is 259 g/mol. The molecule has 0 spiro atoms. The van der Waals surface area contributed by atoms with E-state index in [4.69, 9.17) is 18.0 Å². The van der Waals surface area contributed by atoms with Crippen molar-refractivity contribution in [3.8, 4) is 0 Å². The van der Waals surface area contributed by atoms with Crippen LogP contribution in [0, 0.1) is 6.92 Å². The van der Waals surface area contributed by atoms with Crippen molar-refractivity contribution in [3.05, 3.63) is 63.8 Å². The summed E-state index contributed by atoms with van der Waals surface area (Å²) in [4.78, 5) is 16.4. The van der Waals surface area contributed by atoms with Crippen LogP contribution in [0.5, 0.6) is 0 Å². The van der Waals surface area contributed by atoms with Gasteiger partial charge in [0.2, 0.25) is 0 Å². The molecule has 0 unspecified atom stereocenters. The van der Waals surface area contributed by atoms with Gasteiger partial charge in [-0.1, -0.05) is 18.3 Å². The average molecular weight is 259 g/mol. The Balaban J connectivity index is 2.48. The number of aryl methyl sites for hydroxylation is 1. The molecular formula is C13H13N3OS. The lowest BCUT2D eigenvalue weighted by Crippen LogP contribution is -2.30. The Morgan fingerprint density at radius 3 is 2.83 bits per heavy atom. The molecule has 0 aliphatic carbocycles. The first kappa shape index (κ1) is 12.4. The van der Waals surface area contributed by atoms with E-state index in [1.54, 1.807) is 23.0 Å². The first-order valence-electron chi connectivity index (χ1n) is 5.49. The zero-order valence-electron chi connectivity index (χ0n) is 9.96. The lowest BCUT2D eigenvalue weighted by Gasteiger charge is -2.11. The van der Waals surface area contributed by atoms with E-state index in [1.165, 1.54) is 0 Å². The fourth-order valence-corrected chi connectivity index (χ4v) is 1.88. The standard InChI is InChI=1S/C13H13N3OS/c1-9-4-5-11(12(14)18)13(17)16(9)8-10-3-2-6-15-7-10/h2-7H,8H2,1H3,(H2,14,18). The van der Waals surface area contributed by atoms with Crippen molar-refractivity contribution in [1.82, 2.24) is 9.55 Å². The minimum absolute atomic E-state index is 0.125. The van der Waals surface area contributed by atoms with Crippen LogP contribution in [0.15, 0.2) is 41.5 Å². The van der Waals surface area contributed by atoms with Crippen LogP contribution in [-0.4, -0.2) is 14.5 Å². The summed E-state index contributed by atoms with van der Waals surface area (Å²) in [6, 6.07) is 7.27. The van der Waals surface area contributed by atoms with Crippen molar-refractivity contribution in [2.75, 3.05) is 0 Å². The predicted molar refractivity (Wildman–Crippen MR) is 74.7 cm³/mol. The van der Waals surface area contributed by atoms with Crippen molar-refractivity contribution in [1.29, 1.82) is 0 Å². The third-order valence-corrected chi connectivity index (χ3v) is 2.94. The Hall–Kier alpha value is -2.01. The van der Waals surface area contributed by atoms with Gasteiger partial charge in [-0.25, -0.2) is 0 Å². The lowest BCUT2D eigenvalue weighted by molar-refractivity contribution is 0.726. The summed E-state index contributed by atoms with van der Waals surface area (Å²) in [5.41, 5.74) is 7.57. The number of rotatable bonds is 3. The van der Waals surface area contributed by atoms with E-state index in [2.05, 4.69) is 4.98 Å². The van der Waals surface area contributed by atoms with E-state index in [0.717, 1.165) is 11.3 Å². The Labute approximate surface area is 110 Å². The van der Waals surface area contributed by atoms with Crippen LogP contribution in [0.3, 0.4) is 0 Å². The molecular weight excluding hydrogens is 246 g/mol. The fourth-order valence-electron chi connectivity index (χ4n) is 1.73. The predicted octanol–water partition coefficient (Wildman–Crippen LogP) is 1.23. The van der Waals surface area contributed by atoms with Crippen LogP contribution >= 0.6 is 12.2 Å². The highest BCUT2D eigenvalue weighted by molar-refractivity contribution is 7.80. The minimum atomic E-state index is -0.161. The summed E-state index contributed by atoms with van der Waals surface area (Å²) in [6.45, 7) is 2.34. The first-order chi connectivity index (χ1) is 8.59. The molecule has 2 heterocycles. The van der Waals surface area contributed by atoms with Gasteiger partial charge in [0.25, 0.3) is 5.56 Å². The van der Waals surface area contributed by atoms with Crippen LogP contribution in [-0.2, 0) is 6.54 Å². The second kappa shape index (κ2) is 5.10. The second-order valence-corrected chi connectivity index (χ2v) is 4.45. The molecule has 0 bridgehead atoms. The molecule has 92 valence electrons. The van der Waals surface area contributed by atoms with Gasteiger partial charge in [-0.3, -0.25) is 9.78 Å². The van der Waals surface area contributed by atoms with E-state index < -0.39 is 0 Å². The normalized spacial score (nSPS) is 10.3. The molecule has 0 atom stereocenters. The molecule has 0 radical (unpaired) electrons. The molecule has 2 rings (SSSR count). The first-order valence-corrected chi connectivity index (χ1v) is 5.89. The second-order valence-electron chi connectivity index (χ2n) is 4.01. The smallest absolute Gasteiger partial charge is 0.261 e. The molecule has 2 aromatic heterocycles. The Kier molecular flexibility index (Phi) is 3.53. The summed E-state index contributed by atoms with van der Waals surface area (Å²) < 4.78 is 1.64. The van der Waals surface area contributed by atoms with Gasteiger partial charge in [0.1, 0.15) is 4.99 Å². The summed E-state index contributed by atoms with van der Waals surface area (Å²) in [5.74, 6) is 0. The van der Waals surface area contributed by atoms with Gasteiger partial charge in [0.15, 0.2) is 0 Å². The average Bonchev–Trinajstić information content (AvgIpc) is 2.35. The number of aromatic nitrogens is 2. The molecule has 0 amide bonds. The van der Waals surface area contributed by atoms with E-state index in [9.17, 15) is 4.79 Å². The molecule has 2 aromatic rings. The molecule has 5 heteroatoms. The maximum atomic E-state index is 12.2. The van der Waals surface area contributed by atoms with Crippen molar-refractivity contribution in [3.63, 3.8) is 0 Å². The van der Waals surface area contributed by atoms with Crippen molar-refractivity contribution < 1.29 is 0 Å². The summed E-state index contributed by atoms with van der Waals surface area (Å²) in [5, 5.41) is 0. The Morgan fingerprint density at radius 2 is 2.22 bits per heavy atom. The van der Waals surface area contributed by atoms with E-state index in [-0.39, 0.29) is 10.5 Å². The van der Waals surface area contributed by atoms with Gasteiger partial charge in [0.05, 0.1) is 12.1 Å². The van der Waals surface area contributed by atoms with Gasteiger partial charge in [-0.15, -0.1) is 0 Å². The Bertz CT molecular complexity index is 634. The Morgan fingerprint density at radius 1 is 1.44 bits per heavy atom. The fraction of sp³-hybridized carbons (Fsp3) is 0.154. The lowest BCUT2D eigenvalue weighted by atomic mass is 10.2. The molecule has 2 N–H and O–H groups in total. The number of pyridine rings is 2. The molecule has 18 heavy (non-hydrogen) atoms. The van der Waals surface area contributed by atoms with Crippen LogP contribution < -0.4 is 11.3 Å². The minimum Gasteiger partial charge on any atom is -0.389 e. The van der Waals surface area contributed by atoms with Crippen LogP contribution in [0.25, 0.3) is 0 Å². The highest BCUT2D eigenvalue weighted by Crippen LogP contribution is 2.03. The topological polar surface area (TPSA) is 60.9 Å². The highest BCUT2D eigenvalue weighted by Gasteiger charge is 2.08. The maximum absolute atomic E-state index is 12.2. The third-order valence-electron chi connectivity index (χ3n) is 2.72. The molecule has 0 saturated carbocycles. The van der Waals surface area contributed by atoms with Crippen LogP contribution in [0.4, 0.5) is 0 Å². The van der Waals surface area contributed by atoms with E-state index in [0.29, 0.717) is 12.1 Å². The van der Waals surface area contributed by atoms with E-state index >= 15 is 0 Å². The van der Waals surface area contributed by atoms with Gasteiger partial charge in [-0.2, -0.15) is 0 Å². The van der Waals surface area contributed by atoms with Crippen LogP contribution in [0.1, 0.15) is 16.8 Å². The quantitative estimate of drug-likeness (QED) is 0.842. The molecule has 0 fully saturated rings. The molecule has 0 aliphatic heterocycles. The van der Waals surface area contributed by atoms with Crippen LogP contribution in [0.2, 0.25) is 0 Å². The maximum Gasteiger partial charge on any atom is 0.261 e. The third kappa shape index (κ3) is 2.46. The number of nitrogens with zero attached hydrogens (tertiary/aromatic N) is 2. The van der Waals surface area contributed by atoms with Gasteiger partial charge >= 0.3 is 0 Å². The molecule has 0 aromatic carbocycles. The molecule has 0 aliphatic rings. The molecule has 0 saturated heterocycles. The van der Waals surface area contributed by atoms with Crippen molar-refractivity contribution in [2.45, 2.75) is 13.5 Å². The van der Waals surface area contributed by atoms with Gasteiger partial charge in [-0.05, 0) is 30.7 Å². The summed E-state index contributed by atoms with van der Waals surface area (Å²) in [6.07, 6.45) is 3.43. The zero-order valence-corrected chi connectivity index (χ0v) is 10.8. The number of thiocarbonyl (C=S) groups is 1. The zero-order chi connectivity index (χ0) is 13.1. The van der Waals surface area contributed by atoms with Crippen molar-refractivity contribution in [2.24, 2.45) is 5.73 Å². The summed E-state index contributed by atoms with van der Waals surface area (Å²) >= 11 is 4.87. The number of hydrogen-bond donors (Lipinski definition) is 1. The SMILES string of the molecule is Cc1ccc(C(N)=S)c(=O)n1Cc1cccnc1. The van der Waals surface area contributed by atoms with Gasteiger partial charge < -0.3 is 10.3 Å². The number of nitrogens with two attached hydrogens (primary N) is 1. The van der Waals surface area contributed by atoms with Gasteiger partial charge in [0, 0.05) is 18.1 Å². The number of hydrogen-bond acceptors (Lipinski definition) is 3. The highest BCUT2D eigenvalue weighted by atomic mass is 32.1. The van der Waals surface area contributed by atoms with E-state index in [1.807, 2.05) is 25.1 Å².